The first-order valence-electron chi connectivity index (χ1n) is 9.56. The lowest BCUT2D eigenvalue weighted by atomic mass is 10.2. The molecule has 0 aromatic heterocycles. The van der Waals surface area contributed by atoms with E-state index in [9.17, 15) is 19.7 Å². The molecular formula is C21H22N4O4S. The summed E-state index contributed by atoms with van der Waals surface area (Å²) in [5.74, 6) is -0.537. The van der Waals surface area contributed by atoms with Gasteiger partial charge in [-0.1, -0.05) is 43.0 Å². The topological polar surface area (TPSA) is 105 Å². The number of nitro groups is 1. The van der Waals surface area contributed by atoms with Crippen molar-refractivity contribution in [3.05, 3.63) is 64.7 Å². The number of carbonyl (C=O) groups is 2. The van der Waals surface area contributed by atoms with Gasteiger partial charge in [-0.3, -0.25) is 24.6 Å². The van der Waals surface area contributed by atoms with Crippen LogP contribution in [0.3, 0.4) is 0 Å². The Kier molecular flexibility index (Phi) is 6.83. The first-order valence-corrected chi connectivity index (χ1v) is 10.4. The minimum atomic E-state index is -0.597. The zero-order valence-electron chi connectivity index (χ0n) is 16.6. The highest BCUT2D eigenvalue weighted by atomic mass is 32.2. The van der Waals surface area contributed by atoms with Gasteiger partial charge in [0.15, 0.2) is 5.17 Å². The van der Waals surface area contributed by atoms with Crippen LogP contribution in [-0.2, 0) is 9.59 Å². The van der Waals surface area contributed by atoms with Crippen molar-refractivity contribution < 1.29 is 14.5 Å². The quantitative estimate of drug-likeness (QED) is 0.523. The Bertz CT molecular complexity index is 980. The molecule has 2 amide bonds. The number of non-ortho nitro benzene ring substituents is 1. The highest BCUT2D eigenvalue weighted by Gasteiger charge is 2.41. The van der Waals surface area contributed by atoms with Crippen LogP contribution in [0.5, 0.6) is 0 Å². The minimum absolute atomic E-state index is 0.0442. The normalized spacial score (nSPS) is 18.5. The van der Waals surface area contributed by atoms with Gasteiger partial charge in [-0.15, -0.1) is 0 Å². The molecule has 1 fully saturated rings. The molecule has 2 unspecified atom stereocenters. The highest BCUT2D eigenvalue weighted by molar-refractivity contribution is 8.15. The number of aliphatic imine (C=N–C) groups is 1. The number of hydrogen-bond donors (Lipinski definition) is 1. The molecule has 2 atom stereocenters. The van der Waals surface area contributed by atoms with E-state index in [2.05, 4.69) is 10.3 Å². The Morgan fingerprint density at radius 2 is 2.00 bits per heavy atom. The summed E-state index contributed by atoms with van der Waals surface area (Å²) in [6, 6.07) is 15.0. The van der Waals surface area contributed by atoms with E-state index in [0.717, 1.165) is 12.1 Å². The molecule has 8 nitrogen and oxygen atoms in total. The van der Waals surface area contributed by atoms with Gasteiger partial charge in [0, 0.05) is 30.3 Å². The Morgan fingerprint density at radius 3 is 2.67 bits per heavy atom. The molecular weight excluding hydrogens is 404 g/mol. The molecule has 0 bridgehead atoms. The van der Waals surface area contributed by atoms with Crippen LogP contribution >= 0.6 is 11.8 Å². The average molecular weight is 426 g/mol. The summed E-state index contributed by atoms with van der Waals surface area (Å²) in [5, 5.41) is 13.5. The van der Waals surface area contributed by atoms with Gasteiger partial charge in [0.1, 0.15) is 5.25 Å². The third-order valence-electron chi connectivity index (χ3n) is 4.69. The second-order valence-electron chi connectivity index (χ2n) is 6.86. The molecule has 0 aliphatic carbocycles. The van der Waals surface area contributed by atoms with Crippen molar-refractivity contribution in [1.82, 2.24) is 4.90 Å². The number of hydrogen-bond acceptors (Lipinski definition) is 6. The van der Waals surface area contributed by atoms with Crippen LogP contribution in [0.1, 0.15) is 26.7 Å². The molecule has 9 heteroatoms. The third kappa shape index (κ3) is 5.04. The van der Waals surface area contributed by atoms with Crippen LogP contribution < -0.4 is 5.32 Å². The van der Waals surface area contributed by atoms with Gasteiger partial charge < -0.3 is 5.32 Å². The molecule has 2 aromatic rings. The summed E-state index contributed by atoms with van der Waals surface area (Å²) in [7, 11) is 0. The van der Waals surface area contributed by atoms with Gasteiger partial charge in [-0.05, 0) is 31.5 Å². The predicted molar refractivity (Wildman–Crippen MR) is 118 cm³/mol. The van der Waals surface area contributed by atoms with Gasteiger partial charge in [-0.25, -0.2) is 4.99 Å². The number of benzene rings is 2. The van der Waals surface area contributed by atoms with Crippen LogP contribution in [-0.4, -0.2) is 38.1 Å². The van der Waals surface area contributed by atoms with Crippen LogP contribution in [0.25, 0.3) is 0 Å². The van der Waals surface area contributed by atoms with E-state index >= 15 is 0 Å². The summed E-state index contributed by atoms with van der Waals surface area (Å²) in [6.07, 6.45) is 0.708. The Hall–Kier alpha value is -3.20. The standard InChI is InChI=1S/C21H22N4O4S/c1-3-14(2)24-20(27)18(30-21(24)23-15-8-5-4-6-9-15)13-19(26)22-16-10-7-11-17(12-16)25(28)29/h4-12,14,18H,3,13H2,1-2H3,(H,22,26). The molecule has 0 radical (unpaired) electrons. The van der Waals surface area contributed by atoms with Crippen LogP contribution in [0, 0.1) is 10.1 Å². The van der Waals surface area contributed by atoms with Crippen molar-refractivity contribution in [3.63, 3.8) is 0 Å². The Morgan fingerprint density at radius 1 is 1.27 bits per heavy atom. The fourth-order valence-corrected chi connectivity index (χ4v) is 4.22. The highest BCUT2D eigenvalue weighted by Crippen LogP contribution is 2.34. The summed E-state index contributed by atoms with van der Waals surface area (Å²) in [4.78, 5) is 42.1. The van der Waals surface area contributed by atoms with Crippen molar-refractivity contribution >= 4 is 45.8 Å². The molecule has 1 heterocycles. The van der Waals surface area contributed by atoms with Gasteiger partial charge in [0.25, 0.3) is 5.69 Å². The Labute approximate surface area is 178 Å². The van der Waals surface area contributed by atoms with Crippen LogP contribution in [0.2, 0.25) is 0 Å². The summed E-state index contributed by atoms with van der Waals surface area (Å²) in [5.41, 5.74) is 0.948. The summed E-state index contributed by atoms with van der Waals surface area (Å²) in [6.45, 7) is 3.94. The molecule has 1 N–H and O–H groups in total. The summed E-state index contributed by atoms with van der Waals surface area (Å²) >= 11 is 1.27. The molecule has 30 heavy (non-hydrogen) atoms. The third-order valence-corrected chi connectivity index (χ3v) is 5.84. The number of thioether (sulfide) groups is 1. The molecule has 1 aliphatic rings. The number of nitro benzene ring substituents is 1. The number of carbonyl (C=O) groups excluding carboxylic acids is 2. The second-order valence-corrected chi connectivity index (χ2v) is 8.03. The Balaban J connectivity index is 1.75. The molecule has 1 aliphatic heterocycles. The largest absolute Gasteiger partial charge is 0.326 e. The van der Waals surface area contributed by atoms with Crippen molar-refractivity contribution in [2.24, 2.45) is 4.99 Å². The number of amides is 2. The number of para-hydroxylation sites is 1. The SMILES string of the molecule is CCC(C)N1C(=O)C(CC(=O)Nc2cccc([N+](=O)[O-])c2)SC1=Nc1ccccc1. The van der Waals surface area contributed by atoms with E-state index in [1.807, 2.05) is 44.2 Å². The number of anilines is 1. The predicted octanol–water partition coefficient (Wildman–Crippen LogP) is 4.35. The van der Waals surface area contributed by atoms with E-state index in [1.165, 1.54) is 30.0 Å². The molecule has 3 rings (SSSR count). The lowest BCUT2D eigenvalue weighted by molar-refractivity contribution is -0.384. The zero-order chi connectivity index (χ0) is 21.7. The maximum Gasteiger partial charge on any atom is 0.271 e. The van der Waals surface area contributed by atoms with Gasteiger partial charge >= 0.3 is 0 Å². The lowest BCUT2D eigenvalue weighted by Crippen LogP contribution is -2.39. The summed E-state index contributed by atoms with van der Waals surface area (Å²) < 4.78 is 0. The first kappa shape index (κ1) is 21.5. The van der Waals surface area contributed by atoms with E-state index < -0.39 is 10.2 Å². The maximum atomic E-state index is 13.0. The zero-order valence-corrected chi connectivity index (χ0v) is 17.5. The molecule has 2 aromatic carbocycles. The number of rotatable bonds is 7. The van der Waals surface area contributed by atoms with E-state index in [1.54, 1.807) is 11.0 Å². The lowest BCUT2D eigenvalue weighted by Gasteiger charge is -2.23. The number of nitrogens with zero attached hydrogens (tertiary/aromatic N) is 3. The van der Waals surface area contributed by atoms with Crippen LogP contribution in [0.4, 0.5) is 17.1 Å². The van der Waals surface area contributed by atoms with Crippen LogP contribution in [0.15, 0.2) is 59.6 Å². The molecule has 0 spiro atoms. The van der Waals surface area contributed by atoms with Gasteiger partial charge in [-0.2, -0.15) is 0 Å². The van der Waals surface area contributed by atoms with Crippen molar-refractivity contribution in [2.75, 3.05) is 5.32 Å². The monoisotopic (exact) mass is 426 g/mol. The van der Waals surface area contributed by atoms with E-state index in [4.69, 9.17) is 0 Å². The smallest absolute Gasteiger partial charge is 0.271 e. The molecule has 1 saturated heterocycles. The van der Waals surface area contributed by atoms with Gasteiger partial charge in [0.05, 0.1) is 10.6 Å². The fourth-order valence-electron chi connectivity index (χ4n) is 2.97. The number of amidine groups is 1. The van der Waals surface area contributed by atoms with Crippen molar-refractivity contribution in [2.45, 2.75) is 38.0 Å². The minimum Gasteiger partial charge on any atom is -0.326 e. The van der Waals surface area contributed by atoms with Crippen molar-refractivity contribution in [1.29, 1.82) is 0 Å². The maximum absolute atomic E-state index is 13.0. The average Bonchev–Trinajstić information content (AvgIpc) is 3.02. The van der Waals surface area contributed by atoms with Crippen molar-refractivity contribution in [3.8, 4) is 0 Å². The first-order chi connectivity index (χ1) is 14.4. The second kappa shape index (κ2) is 9.53. The number of nitrogens with one attached hydrogen (secondary N) is 1. The van der Waals surface area contributed by atoms with E-state index in [-0.39, 0.29) is 30.0 Å². The van der Waals surface area contributed by atoms with Gasteiger partial charge in [0.2, 0.25) is 11.8 Å². The fraction of sp³-hybridized carbons (Fsp3) is 0.286. The molecule has 156 valence electrons. The van der Waals surface area contributed by atoms with E-state index in [0.29, 0.717) is 10.9 Å². The molecule has 0 saturated carbocycles.